The molecule has 84 valence electrons. The topological polar surface area (TPSA) is 41.6 Å². The van der Waals surface area contributed by atoms with Crippen LogP contribution in [0, 0.1) is 5.82 Å². The summed E-state index contributed by atoms with van der Waals surface area (Å²) in [6, 6.07) is 2.66. The van der Waals surface area contributed by atoms with Crippen molar-refractivity contribution in [1.29, 1.82) is 0 Å². The molecule has 0 fully saturated rings. The summed E-state index contributed by atoms with van der Waals surface area (Å²) in [5, 5.41) is 5.87. The van der Waals surface area contributed by atoms with Gasteiger partial charge in [-0.3, -0.25) is 5.10 Å². The van der Waals surface area contributed by atoms with Crippen molar-refractivity contribution in [2.45, 2.75) is 6.18 Å². The first-order valence-corrected chi connectivity index (χ1v) is 4.22. The van der Waals surface area contributed by atoms with Gasteiger partial charge in [0.2, 0.25) is 0 Å². The van der Waals surface area contributed by atoms with E-state index in [0.29, 0.717) is 6.07 Å². The van der Waals surface area contributed by atoms with Crippen LogP contribution in [0.3, 0.4) is 0 Å². The third kappa shape index (κ3) is 1.88. The second kappa shape index (κ2) is 3.58. The predicted octanol–water partition coefficient (Wildman–Crippen LogP) is 2.63. The quantitative estimate of drug-likeness (QED) is 0.766. The molecule has 2 aromatic rings. The van der Waals surface area contributed by atoms with E-state index in [0.717, 1.165) is 6.07 Å². The summed E-state index contributed by atoms with van der Waals surface area (Å²) in [6.45, 7) is 0. The van der Waals surface area contributed by atoms with E-state index in [1.807, 2.05) is 0 Å². The highest BCUT2D eigenvalue weighted by atomic mass is 19.4. The van der Waals surface area contributed by atoms with E-state index in [1.54, 1.807) is 0 Å². The molecule has 0 saturated carbocycles. The number of H-pyrrole nitrogens is 1. The van der Waals surface area contributed by atoms with Crippen molar-refractivity contribution in [2.75, 3.05) is 0 Å². The van der Waals surface area contributed by atoms with Crippen LogP contribution in [0.1, 0.15) is 5.69 Å². The van der Waals surface area contributed by atoms with Crippen LogP contribution in [0.2, 0.25) is 0 Å². The molecule has 0 aromatic carbocycles. The molecule has 7 heteroatoms. The van der Waals surface area contributed by atoms with Gasteiger partial charge in [-0.25, -0.2) is 9.37 Å². The zero-order valence-electron chi connectivity index (χ0n) is 7.72. The second-order valence-corrected chi connectivity index (χ2v) is 2.99. The number of hydrogen-bond donors (Lipinski definition) is 1. The summed E-state index contributed by atoms with van der Waals surface area (Å²) in [6.07, 6.45) is -3.29. The van der Waals surface area contributed by atoms with Gasteiger partial charge in [0.15, 0.2) is 5.82 Å². The van der Waals surface area contributed by atoms with Crippen LogP contribution in [0.25, 0.3) is 11.4 Å². The number of rotatable bonds is 1. The predicted molar refractivity (Wildman–Crippen MR) is 46.8 cm³/mol. The third-order valence-electron chi connectivity index (χ3n) is 1.89. The Morgan fingerprint density at radius 2 is 1.88 bits per heavy atom. The zero-order valence-corrected chi connectivity index (χ0v) is 7.72. The first-order chi connectivity index (χ1) is 7.48. The van der Waals surface area contributed by atoms with Gasteiger partial charge in [0.05, 0.1) is 5.69 Å². The number of aromatic nitrogens is 3. The molecule has 2 heterocycles. The van der Waals surface area contributed by atoms with Gasteiger partial charge in [0, 0.05) is 6.20 Å². The largest absolute Gasteiger partial charge is 0.433 e. The first-order valence-electron chi connectivity index (χ1n) is 4.22. The van der Waals surface area contributed by atoms with Crippen LogP contribution in [0.4, 0.5) is 17.6 Å². The Kier molecular flexibility index (Phi) is 2.37. The van der Waals surface area contributed by atoms with Gasteiger partial charge in [-0.05, 0) is 18.2 Å². The fourth-order valence-corrected chi connectivity index (χ4v) is 1.18. The van der Waals surface area contributed by atoms with Gasteiger partial charge in [-0.2, -0.15) is 18.3 Å². The molecule has 0 unspecified atom stereocenters. The van der Waals surface area contributed by atoms with Crippen molar-refractivity contribution in [2.24, 2.45) is 0 Å². The van der Waals surface area contributed by atoms with E-state index in [-0.39, 0.29) is 5.69 Å². The average molecular weight is 231 g/mol. The molecule has 0 radical (unpaired) electrons. The zero-order chi connectivity index (χ0) is 11.8. The monoisotopic (exact) mass is 231 g/mol. The molecule has 0 atom stereocenters. The maximum Gasteiger partial charge on any atom is 0.433 e. The number of nitrogens with zero attached hydrogens (tertiary/aromatic N) is 2. The lowest BCUT2D eigenvalue weighted by Gasteiger charge is -2.07. The van der Waals surface area contributed by atoms with Crippen molar-refractivity contribution < 1.29 is 17.6 Å². The standard InChI is InChI=1S/C9H5F4N3/c10-5-1-2-7(9(11,12)13)15-8(5)6-3-4-14-16-6/h1-4H,(H,14,16). The molecule has 2 aromatic heterocycles. The number of alkyl halides is 3. The second-order valence-electron chi connectivity index (χ2n) is 2.99. The maximum atomic E-state index is 13.2. The molecule has 0 saturated heterocycles. The molecule has 0 aliphatic rings. The lowest BCUT2D eigenvalue weighted by molar-refractivity contribution is -0.141. The van der Waals surface area contributed by atoms with Crippen LogP contribution < -0.4 is 0 Å². The van der Waals surface area contributed by atoms with Gasteiger partial charge in [-0.15, -0.1) is 0 Å². The van der Waals surface area contributed by atoms with Crippen molar-refractivity contribution in [1.82, 2.24) is 15.2 Å². The number of hydrogen-bond acceptors (Lipinski definition) is 2. The van der Waals surface area contributed by atoms with E-state index >= 15 is 0 Å². The van der Waals surface area contributed by atoms with Crippen LogP contribution in [0.5, 0.6) is 0 Å². The number of halogens is 4. The van der Waals surface area contributed by atoms with Crippen molar-refractivity contribution in [3.63, 3.8) is 0 Å². The molecule has 0 aliphatic carbocycles. The van der Waals surface area contributed by atoms with E-state index < -0.39 is 23.4 Å². The van der Waals surface area contributed by atoms with Crippen LogP contribution in [-0.4, -0.2) is 15.2 Å². The fraction of sp³-hybridized carbons (Fsp3) is 0.111. The minimum atomic E-state index is -4.59. The normalized spacial score (nSPS) is 11.8. The summed E-state index contributed by atoms with van der Waals surface area (Å²) in [5.74, 6) is -0.836. The van der Waals surface area contributed by atoms with E-state index in [2.05, 4.69) is 15.2 Å². The van der Waals surface area contributed by atoms with E-state index in [1.165, 1.54) is 12.3 Å². The minimum Gasteiger partial charge on any atom is -0.276 e. The summed E-state index contributed by atoms with van der Waals surface area (Å²) in [4.78, 5) is 3.21. The maximum absolute atomic E-state index is 13.2. The van der Waals surface area contributed by atoms with E-state index in [4.69, 9.17) is 0 Å². The molecular weight excluding hydrogens is 226 g/mol. The lowest BCUT2D eigenvalue weighted by Crippen LogP contribution is -2.09. The molecular formula is C9H5F4N3. The highest BCUT2D eigenvalue weighted by Gasteiger charge is 2.33. The summed E-state index contributed by atoms with van der Waals surface area (Å²) < 4.78 is 50.2. The number of aromatic amines is 1. The van der Waals surface area contributed by atoms with Crippen molar-refractivity contribution in [3.8, 4) is 11.4 Å². The molecule has 16 heavy (non-hydrogen) atoms. The molecule has 2 rings (SSSR count). The molecule has 0 bridgehead atoms. The molecule has 0 aliphatic heterocycles. The Morgan fingerprint density at radius 3 is 2.44 bits per heavy atom. The van der Waals surface area contributed by atoms with Crippen molar-refractivity contribution in [3.05, 3.63) is 35.9 Å². The van der Waals surface area contributed by atoms with Gasteiger partial charge in [0.1, 0.15) is 11.4 Å². The smallest absolute Gasteiger partial charge is 0.276 e. The molecule has 1 N–H and O–H groups in total. The molecule has 0 spiro atoms. The van der Waals surface area contributed by atoms with Gasteiger partial charge >= 0.3 is 6.18 Å². The number of nitrogens with one attached hydrogen (secondary N) is 1. The first kappa shape index (κ1) is 10.6. The van der Waals surface area contributed by atoms with Crippen LogP contribution >= 0.6 is 0 Å². The summed E-state index contributed by atoms with van der Waals surface area (Å²) in [7, 11) is 0. The summed E-state index contributed by atoms with van der Waals surface area (Å²) >= 11 is 0. The minimum absolute atomic E-state index is 0.101. The summed E-state index contributed by atoms with van der Waals surface area (Å²) in [5.41, 5.74) is -1.44. The Hall–Kier alpha value is -1.92. The Balaban J connectivity index is 2.54. The number of pyridine rings is 1. The fourth-order valence-electron chi connectivity index (χ4n) is 1.18. The van der Waals surface area contributed by atoms with E-state index in [9.17, 15) is 17.6 Å². The van der Waals surface area contributed by atoms with Crippen LogP contribution in [-0.2, 0) is 6.18 Å². The van der Waals surface area contributed by atoms with Gasteiger partial charge in [-0.1, -0.05) is 0 Å². The van der Waals surface area contributed by atoms with Crippen LogP contribution in [0.15, 0.2) is 24.4 Å². The Morgan fingerprint density at radius 1 is 1.12 bits per heavy atom. The van der Waals surface area contributed by atoms with Gasteiger partial charge in [0.25, 0.3) is 0 Å². The Labute approximate surface area is 87.1 Å². The molecule has 0 amide bonds. The highest BCUT2D eigenvalue weighted by Crippen LogP contribution is 2.29. The third-order valence-corrected chi connectivity index (χ3v) is 1.89. The SMILES string of the molecule is Fc1ccc(C(F)(F)F)nc1-c1ccn[nH]1. The Bertz CT molecular complexity index is 490. The van der Waals surface area contributed by atoms with Crippen molar-refractivity contribution >= 4 is 0 Å². The molecule has 3 nitrogen and oxygen atoms in total. The lowest BCUT2D eigenvalue weighted by atomic mass is 10.2. The average Bonchev–Trinajstić information content (AvgIpc) is 2.69. The highest BCUT2D eigenvalue weighted by molar-refractivity contribution is 5.54. The van der Waals surface area contributed by atoms with Gasteiger partial charge < -0.3 is 0 Å².